The van der Waals surface area contributed by atoms with E-state index in [4.69, 9.17) is 9.26 Å². The summed E-state index contributed by atoms with van der Waals surface area (Å²) in [6.45, 7) is 6.76. The number of aromatic nitrogens is 3. The number of carbonyl (C=O) groups is 1. The summed E-state index contributed by atoms with van der Waals surface area (Å²) in [5.74, 6) is -0.107. The second-order valence-electron chi connectivity index (χ2n) is 9.67. The molecule has 0 radical (unpaired) electrons. The minimum atomic E-state index is -0.567. The van der Waals surface area contributed by atoms with Gasteiger partial charge in [0.25, 0.3) is 11.5 Å². The lowest BCUT2D eigenvalue weighted by Crippen LogP contribution is -2.40. The van der Waals surface area contributed by atoms with Gasteiger partial charge in [-0.15, -0.1) is 0 Å². The van der Waals surface area contributed by atoms with Crippen molar-refractivity contribution < 1.29 is 14.1 Å². The summed E-state index contributed by atoms with van der Waals surface area (Å²) in [4.78, 5) is 26.7. The van der Waals surface area contributed by atoms with E-state index in [-0.39, 0.29) is 39.5 Å². The van der Waals surface area contributed by atoms with Gasteiger partial charge in [-0.05, 0) is 46.0 Å². The lowest BCUT2D eigenvalue weighted by molar-refractivity contribution is 0.0644. The molecule has 2 fully saturated rings. The SMILES string of the molecule is Cc1c(C(NC(=O)c2ccon2)[C@H]2C[C@H](C(C)(C)Br)CO2)c(=O)n(C2CCCCC2)n1C. The highest BCUT2D eigenvalue weighted by molar-refractivity contribution is 9.10. The van der Waals surface area contributed by atoms with Crippen LogP contribution in [0, 0.1) is 12.8 Å². The first-order valence-electron chi connectivity index (χ1n) is 11.5. The van der Waals surface area contributed by atoms with Crippen LogP contribution in [0.2, 0.25) is 0 Å². The van der Waals surface area contributed by atoms with Gasteiger partial charge < -0.3 is 14.6 Å². The van der Waals surface area contributed by atoms with Crippen LogP contribution in [0.15, 0.2) is 21.6 Å². The predicted molar refractivity (Wildman–Crippen MR) is 124 cm³/mol. The Kier molecular flexibility index (Phi) is 6.68. The average molecular weight is 509 g/mol. The fourth-order valence-corrected chi connectivity index (χ4v) is 5.43. The molecule has 1 amide bonds. The second-order valence-corrected chi connectivity index (χ2v) is 11.7. The number of alkyl halides is 1. The van der Waals surface area contributed by atoms with Gasteiger partial charge >= 0.3 is 0 Å². The Hall–Kier alpha value is -1.87. The van der Waals surface area contributed by atoms with E-state index in [1.165, 1.54) is 18.8 Å². The van der Waals surface area contributed by atoms with E-state index in [0.717, 1.165) is 37.8 Å². The number of nitrogens with one attached hydrogen (secondary N) is 1. The van der Waals surface area contributed by atoms with E-state index in [0.29, 0.717) is 12.2 Å². The van der Waals surface area contributed by atoms with Crippen molar-refractivity contribution in [1.29, 1.82) is 0 Å². The number of carbonyl (C=O) groups excluding carboxylic acids is 1. The smallest absolute Gasteiger partial charge is 0.274 e. The topological polar surface area (TPSA) is 91.3 Å². The minimum Gasteiger partial charge on any atom is -0.375 e. The third-order valence-electron chi connectivity index (χ3n) is 7.20. The Morgan fingerprint density at radius 3 is 2.62 bits per heavy atom. The molecule has 0 aromatic carbocycles. The number of hydrogen-bond acceptors (Lipinski definition) is 5. The molecule has 3 atom stereocenters. The molecular formula is C23H33BrN4O4. The molecule has 4 rings (SSSR count). The van der Waals surface area contributed by atoms with Gasteiger partial charge in [0.2, 0.25) is 0 Å². The monoisotopic (exact) mass is 508 g/mol. The third-order valence-corrected chi connectivity index (χ3v) is 7.84. The molecular weight excluding hydrogens is 476 g/mol. The molecule has 9 heteroatoms. The van der Waals surface area contributed by atoms with Crippen LogP contribution in [0.1, 0.15) is 86.2 Å². The summed E-state index contributed by atoms with van der Waals surface area (Å²) in [5, 5.41) is 6.81. The molecule has 1 aliphatic heterocycles. The quantitative estimate of drug-likeness (QED) is 0.594. The molecule has 1 aliphatic carbocycles. The maximum absolute atomic E-state index is 13.7. The lowest BCUT2D eigenvalue weighted by Gasteiger charge is -2.26. The van der Waals surface area contributed by atoms with Crippen LogP contribution < -0.4 is 10.9 Å². The summed E-state index contributed by atoms with van der Waals surface area (Å²) in [7, 11) is 1.94. The highest BCUT2D eigenvalue weighted by Gasteiger charge is 2.42. The Balaban J connectivity index is 1.71. The number of amides is 1. The van der Waals surface area contributed by atoms with Gasteiger partial charge in [0, 0.05) is 23.1 Å². The Morgan fingerprint density at radius 2 is 2.03 bits per heavy atom. The second kappa shape index (κ2) is 9.17. The van der Waals surface area contributed by atoms with Gasteiger partial charge in [-0.2, -0.15) is 0 Å². The van der Waals surface area contributed by atoms with Gasteiger partial charge in [0.1, 0.15) is 6.26 Å². The molecule has 8 nitrogen and oxygen atoms in total. The van der Waals surface area contributed by atoms with Gasteiger partial charge in [-0.25, -0.2) is 4.68 Å². The standard InChI is InChI=1S/C23H33BrN4O4/c1-14-19(22(30)28(27(14)4)16-8-6-5-7-9-16)20(25-21(29)17-10-11-32-26-17)18-12-15(13-31-18)23(2,3)24/h10-11,15-16,18,20H,5-9,12-13H2,1-4H3,(H,25,29)/t15-,18+,20?/m0/s1. The van der Waals surface area contributed by atoms with Crippen LogP contribution in [0.3, 0.4) is 0 Å². The Bertz CT molecular complexity index is 999. The van der Waals surface area contributed by atoms with Crippen molar-refractivity contribution in [2.24, 2.45) is 13.0 Å². The number of halogens is 1. The zero-order chi connectivity index (χ0) is 23.0. The van der Waals surface area contributed by atoms with Crippen LogP contribution in [-0.4, -0.2) is 37.5 Å². The summed E-state index contributed by atoms with van der Waals surface area (Å²) >= 11 is 3.76. The maximum atomic E-state index is 13.7. The van der Waals surface area contributed by atoms with Crippen molar-refractivity contribution in [3.63, 3.8) is 0 Å². The van der Waals surface area contributed by atoms with Crippen molar-refractivity contribution in [1.82, 2.24) is 19.8 Å². The fourth-order valence-electron chi connectivity index (χ4n) is 5.11. The highest BCUT2D eigenvalue weighted by atomic mass is 79.9. The summed E-state index contributed by atoms with van der Waals surface area (Å²) in [6.07, 6.45) is 7.30. The van der Waals surface area contributed by atoms with Gasteiger partial charge in [-0.3, -0.25) is 14.3 Å². The molecule has 2 aromatic heterocycles. The molecule has 0 spiro atoms. The van der Waals surface area contributed by atoms with E-state index in [1.807, 2.05) is 23.3 Å². The van der Waals surface area contributed by atoms with Gasteiger partial charge in [0.15, 0.2) is 5.69 Å². The molecule has 1 N–H and O–H groups in total. The van der Waals surface area contributed by atoms with Crippen LogP contribution >= 0.6 is 15.9 Å². The molecule has 1 saturated carbocycles. The molecule has 2 aliphatic rings. The maximum Gasteiger partial charge on any atom is 0.274 e. The van der Waals surface area contributed by atoms with Crippen molar-refractivity contribution in [3.8, 4) is 0 Å². The largest absolute Gasteiger partial charge is 0.375 e. The third kappa shape index (κ3) is 4.46. The molecule has 2 aromatic rings. The normalized spacial score (nSPS) is 23.4. The number of nitrogens with zero attached hydrogens (tertiary/aromatic N) is 3. The van der Waals surface area contributed by atoms with Crippen molar-refractivity contribution >= 4 is 21.8 Å². The lowest BCUT2D eigenvalue weighted by atomic mass is 9.89. The zero-order valence-corrected chi connectivity index (χ0v) is 20.9. The van der Waals surface area contributed by atoms with Crippen LogP contribution in [0.25, 0.3) is 0 Å². The van der Waals surface area contributed by atoms with Crippen LogP contribution in [0.4, 0.5) is 0 Å². The zero-order valence-electron chi connectivity index (χ0n) is 19.3. The molecule has 176 valence electrons. The van der Waals surface area contributed by atoms with E-state index in [2.05, 4.69) is 40.3 Å². The molecule has 3 heterocycles. The van der Waals surface area contributed by atoms with E-state index in [9.17, 15) is 9.59 Å². The van der Waals surface area contributed by atoms with Crippen molar-refractivity contribution in [3.05, 3.63) is 39.6 Å². The molecule has 1 unspecified atom stereocenters. The Labute approximate surface area is 196 Å². The van der Waals surface area contributed by atoms with E-state index < -0.39 is 6.04 Å². The first-order valence-corrected chi connectivity index (χ1v) is 12.3. The predicted octanol–water partition coefficient (Wildman–Crippen LogP) is 4.04. The Morgan fingerprint density at radius 1 is 1.31 bits per heavy atom. The van der Waals surface area contributed by atoms with Crippen molar-refractivity contribution in [2.45, 2.75) is 81.8 Å². The average Bonchev–Trinajstić information content (AvgIpc) is 3.49. The van der Waals surface area contributed by atoms with Crippen LogP contribution in [0.5, 0.6) is 0 Å². The summed E-state index contributed by atoms with van der Waals surface area (Å²) < 4.78 is 14.8. The fraction of sp³-hybridized carbons (Fsp3) is 0.696. The summed E-state index contributed by atoms with van der Waals surface area (Å²) in [5.41, 5.74) is 1.61. The number of hydrogen-bond donors (Lipinski definition) is 1. The highest BCUT2D eigenvalue weighted by Crippen LogP contribution is 2.39. The molecule has 0 bridgehead atoms. The van der Waals surface area contributed by atoms with Gasteiger partial charge in [0.05, 0.1) is 30.4 Å². The van der Waals surface area contributed by atoms with Gasteiger partial charge in [-0.1, -0.05) is 40.3 Å². The first kappa shape index (κ1) is 23.3. The summed E-state index contributed by atoms with van der Waals surface area (Å²) in [6, 6.07) is 1.15. The molecule has 1 saturated heterocycles. The number of ether oxygens (including phenoxy) is 1. The molecule has 32 heavy (non-hydrogen) atoms. The minimum absolute atomic E-state index is 0.0347. The van der Waals surface area contributed by atoms with E-state index >= 15 is 0 Å². The van der Waals surface area contributed by atoms with E-state index in [1.54, 1.807) is 0 Å². The first-order chi connectivity index (χ1) is 15.2. The van der Waals surface area contributed by atoms with Crippen molar-refractivity contribution in [2.75, 3.05) is 6.61 Å². The number of rotatable bonds is 6. The van der Waals surface area contributed by atoms with Crippen LogP contribution in [-0.2, 0) is 11.8 Å².